The Bertz CT molecular complexity index is 362. The molecular formula is C7H10N6. The second kappa shape index (κ2) is 2.89. The fourth-order valence-electron chi connectivity index (χ4n) is 1.10. The lowest BCUT2D eigenvalue weighted by molar-refractivity contribution is 0.592. The van der Waals surface area contributed by atoms with E-state index in [0.29, 0.717) is 12.4 Å². The van der Waals surface area contributed by atoms with Crippen LogP contribution >= 0.6 is 0 Å². The molecule has 0 fully saturated rings. The van der Waals surface area contributed by atoms with Crippen molar-refractivity contribution in [3.8, 4) is 0 Å². The van der Waals surface area contributed by atoms with Crippen LogP contribution in [-0.2, 0) is 13.6 Å². The van der Waals surface area contributed by atoms with E-state index in [0.717, 1.165) is 5.56 Å². The van der Waals surface area contributed by atoms with Gasteiger partial charge in [-0.2, -0.15) is 15.0 Å². The Morgan fingerprint density at radius 3 is 2.77 bits per heavy atom. The highest BCUT2D eigenvalue weighted by Gasteiger charge is 1.99. The molecule has 0 aliphatic rings. The summed E-state index contributed by atoms with van der Waals surface area (Å²) in [6, 6.07) is 0. The molecule has 0 amide bonds. The highest BCUT2D eigenvalue weighted by Crippen LogP contribution is 1.99. The van der Waals surface area contributed by atoms with Crippen molar-refractivity contribution in [2.24, 2.45) is 7.05 Å². The third-order valence-corrected chi connectivity index (χ3v) is 1.64. The van der Waals surface area contributed by atoms with Crippen LogP contribution in [0.25, 0.3) is 0 Å². The van der Waals surface area contributed by atoms with Gasteiger partial charge in [-0.1, -0.05) is 0 Å². The molecular weight excluding hydrogens is 168 g/mol. The average molecular weight is 178 g/mol. The molecule has 0 aliphatic carbocycles. The minimum Gasteiger partial charge on any atom is -0.381 e. The summed E-state index contributed by atoms with van der Waals surface area (Å²) in [5.41, 5.74) is 6.48. The zero-order chi connectivity index (χ0) is 9.26. The van der Waals surface area contributed by atoms with Gasteiger partial charge in [-0.25, -0.2) is 0 Å². The standard InChI is InChI=1S/C7H10N6/c1-12-4-6(2-9-12)5-13-10-3-7(8)11-13/h2-4H,5H2,1H3,(H2,8,11). The molecule has 0 bridgehead atoms. The van der Waals surface area contributed by atoms with Crippen molar-refractivity contribution >= 4 is 5.82 Å². The van der Waals surface area contributed by atoms with Gasteiger partial charge in [0.25, 0.3) is 0 Å². The number of hydrogen-bond acceptors (Lipinski definition) is 4. The highest BCUT2D eigenvalue weighted by molar-refractivity contribution is 5.19. The molecule has 68 valence electrons. The molecule has 0 unspecified atom stereocenters. The van der Waals surface area contributed by atoms with Gasteiger partial charge in [0.2, 0.25) is 0 Å². The van der Waals surface area contributed by atoms with E-state index < -0.39 is 0 Å². The maximum Gasteiger partial charge on any atom is 0.165 e. The first-order valence-electron chi connectivity index (χ1n) is 3.87. The molecule has 0 radical (unpaired) electrons. The fraction of sp³-hybridized carbons (Fsp3) is 0.286. The molecule has 2 aromatic heterocycles. The Morgan fingerprint density at radius 1 is 1.38 bits per heavy atom. The third kappa shape index (κ3) is 1.66. The quantitative estimate of drug-likeness (QED) is 0.681. The van der Waals surface area contributed by atoms with E-state index >= 15 is 0 Å². The summed E-state index contributed by atoms with van der Waals surface area (Å²) in [5.74, 6) is 0.434. The van der Waals surface area contributed by atoms with Crippen molar-refractivity contribution in [3.05, 3.63) is 24.2 Å². The summed E-state index contributed by atoms with van der Waals surface area (Å²) in [7, 11) is 1.87. The number of nitrogen functional groups attached to an aromatic ring is 1. The van der Waals surface area contributed by atoms with E-state index in [1.54, 1.807) is 10.9 Å². The van der Waals surface area contributed by atoms with Gasteiger partial charge < -0.3 is 5.73 Å². The molecule has 0 aromatic carbocycles. The second-order valence-electron chi connectivity index (χ2n) is 2.82. The first-order chi connectivity index (χ1) is 6.24. The maximum absolute atomic E-state index is 5.42. The van der Waals surface area contributed by atoms with Crippen LogP contribution in [0.5, 0.6) is 0 Å². The van der Waals surface area contributed by atoms with Gasteiger partial charge in [0.1, 0.15) is 0 Å². The van der Waals surface area contributed by atoms with Crippen molar-refractivity contribution < 1.29 is 0 Å². The molecule has 2 rings (SSSR count). The lowest BCUT2D eigenvalue weighted by Crippen LogP contribution is -2.03. The fourth-order valence-corrected chi connectivity index (χ4v) is 1.10. The van der Waals surface area contributed by atoms with Gasteiger partial charge in [0.15, 0.2) is 5.82 Å². The zero-order valence-electron chi connectivity index (χ0n) is 7.25. The number of aryl methyl sites for hydroxylation is 1. The van der Waals surface area contributed by atoms with Gasteiger partial charge in [0.05, 0.1) is 18.9 Å². The van der Waals surface area contributed by atoms with Crippen molar-refractivity contribution in [3.63, 3.8) is 0 Å². The summed E-state index contributed by atoms with van der Waals surface area (Å²) in [4.78, 5) is 1.53. The molecule has 0 atom stereocenters. The number of aromatic nitrogens is 5. The Balaban J connectivity index is 2.14. The molecule has 0 saturated carbocycles. The number of rotatable bonds is 2. The van der Waals surface area contributed by atoms with E-state index in [2.05, 4.69) is 15.3 Å². The highest BCUT2D eigenvalue weighted by atomic mass is 15.5. The monoisotopic (exact) mass is 178 g/mol. The lowest BCUT2D eigenvalue weighted by Gasteiger charge is -1.93. The molecule has 0 spiro atoms. The number of anilines is 1. The Kier molecular flexibility index (Phi) is 1.73. The van der Waals surface area contributed by atoms with E-state index in [9.17, 15) is 0 Å². The molecule has 0 saturated heterocycles. The lowest BCUT2D eigenvalue weighted by atomic mass is 10.4. The molecule has 2 heterocycles. The van der Waals surface area contributed by atoms with E-state index in [4.69, 9.17) is 5.73 Å². The van der Waals surface area contributed by atoms with Crippen LogP contribution in [0.4, 0.5) is 5.82 Å². The molecule has 2 N–H and O–H groups in total. The van der Waals surface area contributed by atoms with Gasteiger partial charge in [-0.3, -0.25) is 4.68 Å². The Morgan fingerprint density at radius 2 is 2.23 bits per heavy atom. The van der Waals surface area contributed by atoms with Crippen LogP contribution in [-0.4, -0.2) is 24.8 Å². The largest absolute Gasteiger partial charge is 0.381 e. The van der Waals surface area contributed by atoms with Crippen molar-refractivity contribution in [1.82, 2.24) is 24.8 Å². The minimum atomic E-state index is 0.434. The van der Waals surface area contributed by atoms with Crippen LogP contribution in [0.2, 0.25) is 0 Å². The van der Waals surface area contributed by atoms with E-state index in [1.165, 1.54) is 11.0 Å². The first-order valence-corrected chi connectivity index (χ1v) is 3.87. The van der Waals surface area contributed by atoms with Crippen LogP contribution in [0.15, 0.2) is 18.6 Å². The second-order valence-corrected chi connectivity index (χ2v) is 2.82. The van der Waals surface area contributed by atoms with E-state index in [1.807, 2.05) is 13.2 Å². The van der Waals surface area contributed by atoms with Crippen molar-refractivity contribution in [1.29, 1.82) is 0 Å². The normalized spacial score (nSPS) is 10.5. The summed E-state index contributed by atoms with van der Waals surface area (Å²) < 4.78 is 1.74. The summed E-state index contributed by atoms with van der Waals surface area (Å²) >= 11 is 0. The Labute approximate surface area is 75.0 Å². The zero-order valence-corrected chi connectivity index (χ0v) is 7.25. The predicted octanol–water partition coefficient (Wildman–Crippen LogP) is -0.358. The topological polar surface area (TPSA) is 74.5 Å². The molecule has 6 nitrogen and oxygen atoms in total. The third-order valence-electron chi connectivity index (χ3n) is 1.64. The van der Waals surface area contributed by atoms with E-state index in [-0.39, 0.29) is 0 Å². The van der Waals surface area contributed by atoms with Crippen molar-refractivity contribution in [2.75, 3.05) is 5.73 Å². The maximum atomic E-state index is 5.42. The molecule has 2 aromatic rings. The number of nitrogens with two attached hydrogens (primary N) is 1. The minimum absolute atomic E-state index is 0.434. The first kappa shape index (κ1) is 7.78. The summed E-state index contributed by atoms with van der Waals surface area (Å²) in [6.07, 6.45) is 5.22. The molecule has 13 heavy (non-hydrogen) atoms. The van der Waals surface area contributed by atoms with Crippen LogP contribution in [0.1, 0.15) is 5.56 Å². The van der Waals surface area contributed by atoms with Gasteiger partial charge in [0, 0.05) is 18.8 Å². The number of nitrogens with zero attached hydrogens (tertiary/aromatic N) is 5. The van der Waals surface area contributed by atoms with Crippen LogP contribution < -0.4 is 5.73 Å². The van der Waals surface area contributed by atoms with Crippen LogP contribution in [0, 0.1) is 0 Å². The summed E-state index contributed by atoms with van der Waals surface area (Å²) in [5, 5.41) is 12.0. The predicted molar refractivity (Wildman–Crippen MR) is 46.7 cm³/mol. The summed E-state index contributed by atoms with van der Waals surface area (Å²) in [6.45, 7) is 0.602. The smallest absolute Gasteiger partial charge is 0.165 e. The SMILES string of the molecule is Cn1cc(Cn2ncc(N)n2)cn1. The van der Waals surface area contributed by atoms with Gasteiger partial charge in [-0.15, -0.1) is 5.10 Å². The molecule has 0 aliphatic heterocycles. The van der Waals surface area contributed by atoms with Gasteiger partial charge >= 0.3 is 0 Å². The van der Waals surface area contributed by atoms with Crippen molar-refractivity contribution in [2.45, 2.75) is 6.54 Å². The molecule has 6 heteroatoms. The average Bonchev–Trinajstić information content (AvgIpc) is 2.62. The van der Waals surface area contributed by atoms with Gasteiger partial charge in [-0.05, 0) is 0 Å². The number of hydrogen-bond donors (Lipinski definition) is 1. The van der Waals surface area contributed by atoms with Crippen LogP contribution in [0.3, 0.4) is 0 Å². The Hall–Kier alpha value is -1.85.